The molecule has 0 bridgehead atoms. The van der Waals surface area contributed by atoms with Crippen LogP contribution in [-0.4, -0.2) is 41.2 Å². The summed E-state index contributed by atoms with van der Waals surface area (Å²) in [7, 11) is 1.68. The van der Waals surface area contributed by atoms with Gasteiger partial charge in [0, 0.05) is 37.0 Å². The molecule has 1 fully saturated rings. The molecule has 0 saturated heterocycles. The predicted octanol–water partition coefficient (Wildman–Crippen LogP) is 8.97. The number of methoxy groups -OCH3 is 1. The standard InChI is InChI=1S/C36H48N2O5/c1-36(2,3)43-35(40)29-20-18-27(23-31(29)26-15-12-13-16-26)34-30-21-19-28(24-32(30)37-25-38-34)42-33(41-4)17-11-9-7-5-6-8-10-14-22-39/h18-26,33H,5-17H2,1-4H3. The third kappa shape index (κ3) is 9.59. The fourth-order valence-corrected chi connectivity index (χ4v) is 5.94. The van der Waals surface area contributed by atoms with Crippen LogP contribution in [0.1, 0.15) is 126 Å². The summed E-state index contributed by atoms with van der Waals surface area (Å²) in [5, 5.41) is 0.930. The number of aromatic nitrogens is 2. The maximum Gasteiger partial charge on any atom is 0.338 e. The van der Waals surface area contributed by atoms with E-state index in [1.165, 1.54) is 32.1 Å². The number of benzene rings is 2. The van der Waals surface area contributed by atoms with Gasteiger partial charge in [0.1, 0.15) is 24.0 Å². The van der Waals surface area contributed by atoms with Crippen LogP contribution < -0.4 is 4.74 Å². The predicted molar refractivity (Wildman–Crippen MR) is 170 cm³/mol. The Morgan fingerprint density at radius 2 is 1.67 bits per heavy atom. The van der Waals surface area contributed by atoms with E-state index < -0.39 is 5.60 Å². The number of carbonyl (C=O) groups is 2. The highest BCUT2D eigenvalue weighted by Gasteiger charge is 2.27. The summed E-state index contributed by atoms with van der Waals surface area (Å²) >= 11 is 0. The molecule has 2 aromatic carbocycles. The number of hydrogen-bond acceptors (Lipinski definition) is 7. The maximum atomic E-state index is 13.1. The molecule has 0 aliphatic heterocycles. The van der Waals surface area contributed by atoms with Crippen molar-refractivity contribution in [3.63, 3.8) is 0 Å². The van der Waals surface area contributed by atoms with Crippen molar-refractivity contribution in [3.05, 3.63) is 53.9 Å². The Hall–Kier alpha value is -3.32. The second-order valence-electron chi connectivity index (χ2n) is 12.7. The van der Waals surface area contributed by atoms with E-state index in [4.69, 9.17) is 14.2 Å². The number of carbonyl (C=O) groups excluding carboxylic acids is 2. The van der Waals surface area contributed by atoms with Crippen molar-refractivity contribution in [1.29, 1.82) is 0 Å². The summed E-state index contributed by atoms with van der Waals surface area (Å²) in [6, 6.07) is 11.9. The Balaban J connectivity index is 1.45. The molecule has 0 radical (unpaired) electrons. The topological polar surface area (TPSA) is 87.6 Å². The van der Waals surface area contributed by atoms with Crippen molar-refractivity contribution in [2.45, 2.75) is 122 Å². The fraction of sp³-hybridized carbons (Fsp3) is 0.556. The minimum absolute atomic E-state index is 0.269. The van der Waals surface area contributed by atoms with E-state index >= 15 is 0 Å². The van der Waals surface area contributed by atoms with Crippen LogP contribution >= 0.6 is 0 Å². The molecule has 1 aliphatic carbocycles. The number of aldehydes is 1. The van der Waals surface area contributed by atoms with Crippen molar-refractivity contribution in [1.82, 2.24) is 9.97 Å². The second-order valence-corrected chi connectivity index (χ2v) is 12.7. The third-order valence-electron chi connectivity index (χ3n) is 8.14. The molecule has 0 spiro atoms. The first-order valence-electron chi connectivity index (χ1n) is 16.0. The van der Waals surface area contributed by atoms with Crippen molar-refractivity contribution in [2.75, 3.05) is 7.11 Å². The van der Waals surface area contributed by atoms with Gasteiger partial charge in [0.05, 0.1) is 16.8 Å². The highest BCUT2D eigenvalue weighted by molar-refractivity contribution is 5.95. The van der Waals surface area contributed by atoms with E-state index in [0.717, 1.165) is 79.0 Å². The van der Waals surface area contributed by atoms with Gasteiger partial charge in [-0.15, -0.1) is 0 Å². The minimum Gasteiger partial charge on any atom is -0.465 e. The number of rotatable bonds is 16. The highest BCUT2D eigenvalue weighted by Crippen LogP contribution is 2.39. The number of esters is 1. The van der Waals surface area contributed by atoms with Crippen LogP contribution in [0.2, 0.25) is 0 Å². The van der Waals surface area contributed by atoms with Crippen LogP contribution in [-0.2, 0) is 14.3 Å². The van der Waals surface area contributed by atoms with Gasteiger partial charge in [-0.1, -0.05) is 51.0 Å². The van der Waals surface area contributed by atoms with Gasteiger partial charge in [0.15, 0.2) is 6.29 Å². The van der Waals surface area contributed by atoms with Gasteiger partial charge in [-0.3, -0.25) is 0 Å². The number of ether oxygens (including phenoxy) is 3. The first-order chi connectivity index (χ1) is 20.8. The van der Waals surface area contributed by atoms with Gasteiger partial charge in [0.25, 0.3) is 0 Å². The zero-order valence-electron chi connectivity index (χ0n) is 26.4. The lowest BCUT2D eigenvalue weighted by Crippen LogP contribution is -2.24. The lowest BCUT2D eigenvalue weighted by Gasteiger charge is -2.22. The van der Waals surface area contributed by atoms with E-state index in [0.29, 0.717) is 23.7 Å². The van der Waals surface area contributed by atoms with Crippen molar-refractivity contribution in [2.24, 2.45) is 0 Å². The molecule has 1 heterocycles. The zero-order chi connectivity index (χ0) is 30.7. The molecule has 43 heavy (non-hydrogen) atoms. The first kappa shape index (κ1) is 32.6. The van der Waals surface area contributed by atoms with E-state index in [9.17, 15) is 9.59 Å². The van der Waals surface area contributed by atoms with Gasteiger partial charge in [-0.2, -0.15) is 0 Å². The SMILES string of the molecule is COC(CCCCCCCCCC=O)Oc1ccc2c(-c3ccc(C(=O)OC(C)(C)C)c(C4CCCC4)c3)ncnc2c1. The summed E-state index contributed by atoms with van der Waals surface area (Å²) in [4.78, 5) is 32.7. The van der Waals surface area contributed by atoms with Gasteiger partial charge in [-0.05, 0) is 82.2 Å². The van der Waals surface area contributed by atoms with Crippen LogP contribution in [0.15, 0.2) is 42.7 Å². The van der Waals surface area contributed by atoms with Crippen LogP contribution in [0.5, 0.6) is 5.75 Å². The molecule has 4 rings (SSSR count). The molecule has 7 nitrogen and oxygen atoms in total. The van der Waals surface area contributed by atoms with Crippen molar-refractivity contribution < 1.29 is 23.8 Å². The average Bonchev–Trinajstić information content (AvgIpc) is 3.53. The Kier molecular flexibility index (Phi) is 12.1. The first-order valence-corrected chi connectivity index (χ1v) is 16.0. The van der Waals surface area contributed by atoms with E-state index in [1.54, 1.807) is 13.4 Å². The number of fused-ring (bicyclic) bond motifs is 1. The van der Waals surface area contributed by atoms with Gasteiger partial charge < -0.3 is 19.0 Å². The molecule has 3 aromatic rings. The molecule has 1 aliphatic rings. The third-order valence-corrected chi connectivity index (χ3v) is 8.14. The molecule has 1 saturated carbocycles. The van der Waals surface area contributed by atoms with Crippen LogP contribution in [0, 0.1) is 0 Å². The number of hydrogen-bond donors (Lipinski definition) is 0. The molecule has 232 valence electrons. The van der Waals surface area contributed by atoms with Crippen molar-refractivity contribution in [3.8, 4) is 17.0 Å². The summed E-state index contributed by atoms with van der Waals surface area (Å²) in [6.07, 6.45) is 16.2. The summed E-state index contributed by atoms with van der Waals surface area (Å²) in [5.41, 5.74) is 3.75. The Labute approximate surface area is 256 Å². The number of unbranched alkanes of at least 4 members (excludes halogenated alkanes) is 7. The maximum absolute atomic E-state index is 13.1. The van der Waals surface area contributed by atoms with Crippen LogP contribution in [0.25, 0.3) is 22.2 Å². The van der Waals surface area contributed by atoms with E-state index in [1.807, 2.05) is 51.1 Å². The van der Waals surface area contributed by atoms with Gasteiger partial charge in [-0.25, -0.2) is 14.8 Å². The zero-order valence-corrected chi connectivity index (χ0v) is 26.4. The van der Waals surface area contributed by atoms with Crippen molar-refractivity contribution >= 4 is 23.2 Å². The molecular formula is C36H48N2O5. The lowest BCUT2D eigenvalue weighted by atomic mass is 9.90. The average molecular weight is 589 g/mol. The summed E-state index contributed by atoms with van der Waals surface area (Å²) in [5.74, 6) is 0.787. The molecule has 1 unspecified atom stereocenters. The Morgan fingerprint density at radius 3 is 2.37 bits per heavy atom. The van der Waals surface area contributed by atoms with Gasteiger partial charge >= 0.3 is 5.97 Å². The van der Waals surface area contributed by atoms with Crippen LogP contribution in [0.3, 0.4) is 0 Å². The molecular weight excluding hydrogens is 540 g/mol. The lowest BCUT2D eigenvalue weighted by molar-refractivity contribution is -0.107. The minimum atomic E-state index is -0.550. The summed E-state index contributed by atoms with van der Waals surface area (Å²) in [6.45, 7) is 5.70. The van der Waals surface area contributed by atoms with Gasteiger partial charge in [0.2, 0.25) is 0 Å². The molecule has 1 aromatic heterocycles. The molecule has 0 amide bonds. The number of nitrogens with zero attached hydrogens (tertiary/aromatic N) is 2. The Morgan fingerprint density at radius 1 is 0.953 bits per heavy atom. The second kappa shape index (κ2) is 15.9. The monoisotopic (exact) mass is 588 g/mol. The quantitative estimate of drug-likeness (QED) is 0.0714. The molecule has 0 N–H and O–H groups in total. The van der Waals surface area contributed by atoms with E-state index in [-0.39, 0.29) is 12.3 Å². The summed E-state index contributed by atoms with van der Waals surface area (Å²) < 4.78 is 17.6. The largest absolute Gasteiger partial charge is 0.465 e. The highest BCUT2D eigenvalue weighted by atomic mass is 16.7. The molecule has 7 heteroatoms. The fourth-order valence-electron chi connectivity index (χ4n) is 5.94. The smallest absolute Gasteiger partial charge is 0.338 e. The molecule has 1 atom stereocenters. The normalized spacial score (nSPS) is 14.6. The van der Waals surface area contributed by atoms with Crippen LogP contribution in [0.4, 0.5) is 0 Å². The van der Waals surface area contributed by atoms with E-state index in [2.05, 4.69) is 16.0 Å². The Bertz CT molecular complexity index is 1340.